The van der Waals surface area contributed by atoms with Crippen LogP contribution in [-0.2, 0) is 49.8 Å². The van der Waals surface area contributed by atoms with E-state index < -0.39 is 22.2 Å². The summed E-state index contributed by atoms with van der Waals surface area (Å²) < 4.78 is 58.6. The Morgan fingerprint density at radius 2 is 1.54 bits per heavy atom. The fourth-order valence-electron chi connectivity index (χ4n) is 3.85. The van der Waals surface area contributed by atoms with Crippen molar-refractivity contribution in [3.05, 3.63) is 65.2 Å². The summed E-state index contributed by atoms with van der Waals surface area (Å²) >= 11 is 0. The zero-order chi connectivity index (χ0) is 28.1. The van der Waals surface area contributed by atoms with Crippen LogP contribution in [0.4, 0.5) is 0 Å². The number of ether oxygens (including phenoxy) is 5. The minimum atomic E-state index is -4.17. The minimum absolute atomic E-state index is 0.00816. The van der Waals surface area contributed by atoms with Crippen molar-refractivity contribution >= 4 is 16.1 Å². The van der Waals surface area contributed by atoms with E-state index in [2.05, 4.69) is 45.0 Å². The first-order valence-electron chi connectivity index (χ1n) is 13.3. The van der Waals surface area contributed by atoms with E-state index in [1.54, 1.807) is 6.07 Å². The summed E-state index contributed by atoms with van der Waals surface area (Å²) in [6.07, 6.45) is 0.646. The van der Waals surface area contributed by atoms with Crippen molar-refractivity contribution in [2.24, 2.45) is 0 Å². The summed E-state index contributed by atoms with van der Waals surface area (Å²) in [5.74, 6) is -0.786. The molecule has 1 atom stereocenters. The molecule has 39 heavy (non-hydrogen) atoms. The molecule has 1 heterocycles. The van der Waals surface area contributed by atoms with Crippen LogP contribution in [0.3, 0.4) is 0 Å². The number of hydrogen-bond acceptors (Lipinski definition) is 9. The van der Waals surface area contributed by atoms with Crippen LogP contribution in [0, 0.1) is 0 Å². The van der Waals surface area contributed by atoms with Gasteiger partial charge in [0.2, 0.25) is 0 Å². The average Bonchev–Trinajstić information content (AvgIpc) is 2.90. The third kappa shape index (κ3) is 10.6. The summed E-state index contributed by atoms with van der Waals surface area (Å²) in [5, 5.41) is 0. The van der Waals surface area contributed by atoms with Gasteiger partial charge in [-0.2, -0.15) is 8.42 Å². The van der Waals surface area contributed by atoms with Gasteiger partial charge in [-0.25, -0.2) is 4.79 Å². The molecule has 1 aliphatic heterocycles. The van der Waals surface area contributed by atoms with Gasteiger partial charge in [0.15, 0.2) is 0 Å². The second kappa shape index (κ2) is 15.4. The first-order valence-corrected chi connectivity index (χ1v) is 14.7. The summed E-state index contributed by atoms with van der Waals surface area (Å²) in [6.45, 7) is 8.95. The Morgan fingerprint density at radius 3 is 2.23 bits per heavy atom. The number of esters is 1. The molecular formula is C29H40O9S. The lowest BCUT2D eigenvalue weighted by Crippen LogP contribution is -2.30. The van der Waals surface area contributed by atoms with Gasteiger partial charge in [0.05, 0.1) is 58.4 Å². The minimum Gasteiger partial charge on any atom is -0.459 e. The molecule has 1 fully saturated rings. The van der Waals surface area contributed by atoms with E-state index >= 15 is 0 Å². The van der Waals surface area contributed by atoms with Gasteiger partial charge in [-0.1, -0.05) is 57.2 Å². The third-order valence-corrected chi connectivity index (χ3v) is 7.45. The SMILES string of the molecule is CC(C)(C)c1ccc(CCCOS(=O)(=O)c2ccccc2C(=O)OCC2COCCOCCOCCO2)cc1. The van der Waals surface area contributed by atoms with Gasteiger partial charge in [0, 0.05) is 0 Å². The first kappa shape index (κ1) is 31.2. The summed E-state index contributed by atoms with van der Waals surface area (Å²) in [4.78, 5) is 12.6. The number of carbonyl (C=O) groups excluding carboxylic acids is 1. The molecule has 0 aromatic heterocycles. The van der Waals surface area contributed by atoms with E-state index in [-0.39, 0.29) is 35.7 Å². The Hall–Kier alpha value is -2.34. The predicted octanol–water partition coefficient (Wildman–Crippen LogP) is 3.93. The lowest BCUT2D eigenvalue weighted by molar-refractivity contribution is -0.0832. The normalized spacial score (nSPS) is 18.1. The van der Waals surface area contributed by atoms with Crippen molar-refractivity contribution < 1.29 is 41.1 Å². The van der Waals surface area contributed by atoms with E-state index in [0.29, 0.717) is 52.5 Å². The van der Waals surface area contributed by atoms with Gasteiger partial charge in [0.25, 0.3) is 10.1 Å². The molecule has 3 rings (SSSR count). The van der Waals surface area contributed by atoms with E-state index in [1.165, 1.54) is 23.8 Å². The van der Waals surface area contributed by atoms with Gasteiger partial charge in [-0.05, 0) is 41.5 Å². The van der Waals surface area contributed by atoms with Gasteiger partial charge >= 0.3 is 5.97 Å². The van der Waals surface area contributed by atoms with Crippen molar-refractivity contribution in [1.29, 1.82) is 0 Å². The van der Waals surface area contributed by atoms with Crippen LogP contribution in [0.25, 0.3) is 0 Å². The second-order valence-electron chi connectivity index (χ2n) is 10.2. The number of benzene rings is 2. The maximum Gasteiger partial charge on any atom is 0.339 e. The Kier molecular flexibility index (Phi) is 12.4. The third-order valence-electron chi connectivity index (χ3n) is 6.07. The van der Waals surface area contributed by atoms with Crippen LogP contribution in [0.15, 0.2) is 53.4 Å². The fourth-order valence-corrected chi connectivity index (χ4v) is 4.98. The topological polar surface area (TPSA) is 107 Å². The van der Waals surface area contributed by atoms with Crippen LogP contribution in [0.5, 0.6) is 0 Å². The number of rotatable bonds is 9. The highest BCUT2D eigenvalue weighted by molar-refractivity contribution is 7.86. The molecular weight excluding hydrogens is 524 g/mol. The first-order chi connectivity index (χ1) is 18.7. The lowest BCUT2D eigenvalue weighted by atomic mass is 9.86. The van der Waals surface area contributed by atoms with E-state index in [4.69, 9.17) is 27.9 Å². The molecule has 0 aliphatic carbocycles. The Morgan fingerprint density at radius 1 is 0.897 bits per heavy atom. The van der Waals surface area contributed by atoms with Crippen LogP contribution >= 0.6 is 0 Å². The van der Waals surface area contributed by atoms with Crippen LogP contribution in [-0.4, -0.2) is 80.0 Å². The molecule has 2 aromatic carbocycles. The number of carbonyl (C=O) groups is 1. The zero-order valence-corrected chi connectivity index (χ0v) is 23.9. The Labute approximate surface area is 231 Å². The molecule has 2 aromatic rings. The molecule has 1 saturated heterocycles. The summed E-state index contributed by atoms with van der Waals surface area (Å²) in [6, 6.07) is 14.1. The Bertz CT molecular complexity index is 1110. The number of hydrogen-bond donors (Lipinski definition) is 0. The van der Waals surface area contributed by atoms with Crippen LogP contribution < -0.4 is 0 Å². The van der Waals surface area contributed by atoms with Crippen LogP contribution in [0.1, 0.15) is 48.7 Å². The van der Waals surface area contributed by atoms with Gasteiger partial charge in [0.1, 0.15) is 17.6 Å². The maximum atomic E-state index is 12.9. The molecule has 0 N–H and O–H groups in total. The van der Waals surface area contributed by atoms with Crippen molar-refractivity contribution in [3.8, 4) is 0 Å². The molecule has 0 amide bonds. The largest absolute Gasteiger partial charge is 0.459 e. The van der Waals surface area contributed by atoms with Gasteiger partial charge < -0.3 is 23.7 Å². The van der Waals surface area contributed by atoms with Crippen molar-refractivity contribution in [2.75, 3.05) is 59.5 Å². The van der Waals surface area contributed by atoms with Crippen LogP contribution in [0.2, 0.25) is 0 Å². The monoisotopic (exact) mass is 564 g/mol. The van der Waals surface area contributed by atoms with E-state index in [0.717, 1.165) is 5.56 Å². The zero-order valence-electron chi connectivity index (χ0n) is 23.1. The summed E-state index contributed by atoms with van der Waals surface area (Å²) in [7, 11) is -4.17. The summed E-state index contributed by atoms with van der Waals surface area (Å²) in [5.41, 5.74) is 2.32. The highest BCUT2D eigenvalue weighted by Crippen LogP contribution is 2.23. The molecule has 1 aliphatic rings. The highest BCUT2D eigenvalue weighted by Gasteiger charge is 2.25. The van der Waals surface area contributed by atoms with Crippen molar-refractivity contribution in [3.63, 3.8) is 0 Å². The lowest BCUT2D eigenvalue weighted by Gasteiger charge is -2.19. The van der Waals surface area contributed by atoms with E-state index in [9.17, 15) is 13.2 Å². The highest BCUT2D eigenvalue weighted by atomic mass is 32.2. The molecule has 216 valence electrons. The molecule has 0 saturated carbocycles. The molecule has 1 unspecified atom stereocenters. The average molecular weight is 565 g/mol. The molecule has 9 nitrogen and oxygen atoms in total. The predicted molar refractivity (Wildman–Crippen MR) is 146 cm³/mol. The smallest absolute Gasteiger partial charge is 0.339 e. The molecule has 0 radical (unpaired) electrons. The standard InChI is InChI=1S/C29H40O9S/c1-29(2,3)24-12-10-23(11-13-24)7-6-14-38-39(31,32)27-9-5-4-8-26(27)28(30)37-22-25-21-35-18-17-33-15-16-34-19-20-36-25/h4-5,8-13,25H,6-7,14-22H2,1-3H3. The van der Waals surface area contributed by atoms with Gasteiger partial charge in [-0.3, -0.25) is 4.18 Å². The molecule has 10 heteroatoms. The number of aryl methyl sites for hydroxylation is 1. The van der Waals surface area contributed by atoms with E-state index in [1.807, 2.05) is 0 Å². The fraction of sp³-hybridized carbons (Fsp3) is 0.552. The Balaban J connectivity index is 1.53. The van der Waals surface area contributed by atoms with Gasteiger partial charge in [-0.15, -0.1) is 0 Å². The quantitative estimate of drug-likeness (QED) is 0.254. The van der Waals surface area contributed by atoms with Crippen molar-refractivity contribution in [2.45, 2.75) is 50.0 Å². The van der Waals surface area contributed by atoms with Crippen molar-refractivity contribution in [1.82, 2.24) is 0 Å². The molecule has 0 bridgehead atoms. The second-order valence-corrected chi connectivity index (χ2v) is 11.8. The molecule has 0 spiro atoms. The maximum absolute atomic E-state index is 12.9.